The van der Waals surface area contributed by atoms with Crippen LogP contribution in [0.5, 0.6) is 0 Å². The van der Waals surface area contributed by atoms with Crippen LogP contribution in [-0.4, -0.2) is 63.5 Å². The molecule has 0 aromatic carbocycles. The van der Waals surface area contributed by atoms with Crippen LogP contribution in [0.3, 0.4) is 0 Å². The van der Waals surface area contributed by atoms with Crippen molar-refractivity contribution in [3.8, 4) is 0 Å². The number of nitrogens with zero attached hydrogens (tertiary/aromatic N) is 2. The zero-order valence-corrected chi connectivity index (χ0v) is 15.8. The predicted molar refractivity (Wildman–Crippen MR) is 102 cm³/mol. The van der Waals surface area contributed by atoms with Gasteiger partial charge in [-0.15, -0.1) is 6.58 Å². The summed E-state index contributed by atoms with van der Waals surface area (Å²) < 4.78 is 11.2. The smallest absolute Gasteiger partial charge is 0.193 e. The number of hydrogen-bond acceptors (Lipinski definition) is 3. The molecule has 1 unspecified atom stereocenters. The van der Waals surface area contributed by atoms with Gasteiger partial charge in [-0.05, 0) is 45.4 Å². The number of nitrogens with one attached hydrogen (secondary N) is 1. The Morgan fingerprint density at radius 1 is 1.38 bits per heavy atom. The fourth-order valence-corrected chi connectivity index (χ4v) is 2.73. The lowest BCUT2D eigenvalue weighted by atomic mass is 10.2. The Hall–Kier alpha value is -1.07. The maximum atomic E-state index is 5.69. The number of allylic oxidation sites excluding steroid dienone is 1. The first-order valence-electron chi connectivity index (χ1n) is 9.57. The monoisotopic (exact) mass is 339 g/mol. The van der Waals surface area contributed by atoms with Crippen LogP contribution in [0, 0.1) is 0 Å². The molecule has 0 spiro atoms. The second-order valence-electron chi connectivity index (χ2n) is 6.36. The Morgan fingerprint density at radius 2 is 2.25 bits per heavy atom. The van der Waals surface area contributed by atoms with Crippen LogP contribution in [0.4, 0.5) is 0 Å². The Morgan fingerprint density at radius 3 is 2.96 bits per heavy atom. The fraction of sp³-hybridized carbons (Fsp3) is 0.842. The molecule has 0 amide bonds. The molecule has 0 aromatic heterocycles. The molecule has 1 heterocycles. The summed E-state index contributed by atoms with van der Waals surface area (Å²) in [6.45, 7) is 11.0. The average molecular weight is 340 g/mol. The van der Waals surface area contributed by atoms with Crippen molar-refractivity contribution < 1.29 is 9.47 Å². The molecule has 5 heteroatoms. The van der Waals surface area contributed by atoms with Crippen LogP contribution < -0.4 is 5.32 Å². The fourth-order valence-electron chi connectivity index (χ4n) is 2.73. The SMILES string of the molecule is C=CCCCCCN(C)C(=NCCCOCC1CCCO1)NCC. The van der Waals surface area contributed by atoms with Crippen LogP contribution in [0.15, 0.2) is 17.6 Å². The molecule has 1 aliphatic rings. The minimum Gasteiger partial charge on any atom is -0.379 e. The quantitative estimate of drug-likeness (QED) is 0.242. The van der Waals surface area contributed by atoms with E-state index in [1.54, 1.807) is 0 Å². The molecule has 0 saturated carbocycles. The van der Waals surface area contributed by atoms with Crippen molar-refractivity contribution >= 4 is 5.96 Å². The molecule has 140 valence electrons. The first kappa shape index (κ1) is 21.0. The van der Waals surface area contributed by atoms with Crippen LogP contribution in [0.1, 0.15) is 51.9 Å². The number of ether oxygens (including phenoxy) is 2. The van der Waals surface area contributed by atoms with E-state index in [4.69, 9.17) is 14.5 Å². The highest BCUT2D eigenvalue weighted by Gasteiger charge is 2.14. The number of guanidine groups is 1. The van der Waals surface area contributed by atoms with Gasteiger partial charge in [0.1, 0.15) is 0 Å². The van der Waals surface area contributed by atoms with Gasteiger partial charge in [0.2, 0.25) is 0 Å². The van der Waals surface area contributed by atoms with E-state index in [0.29, 0.717) is 6.10 Å². The van der Waals surface area contributed by atoms with Crippen LogP contribution in [0.25, 0.3) is 0 Å². The lowest BCUT2D eigenvalue weighted by Gasteiger charge is -2.22. The van der Waals surface area contributed by atoms with Gasteiger partial charge in [-0.3, -0.25) is 4.99 Å². The van der Waals surface area contributed by atoms with Gasteiger partial charge in [0.05, 0.1) is 12.7 Å². The van der Waals surface area contributed by atoms with Crippen molar-refractivity contribution in [3.63, 3.8) is 0 Å². The van der Waals surface area contributed by atoms with Gasteiger partial charge in [0, 0.05) is 39.9 Å². The molecular formula is C19H37N3O2. The molecule has 0 bridgehead atoms. The van der Waals surface area contributed by atoms with Gasteiger partial charge in [-0.1, -0.05) is 12.5 Å². The molecule has 1 aliphatic heterocycles. The van der Waals surface area contributed by atoms with Gasteiger partial charge in [-0.2, -0.15) is 0 Å². The molecule has 0 radical (unpaired) electrons. The maximum absolute atomic E-state index is 5.69. The minimum atomic E-state index is 0.318. The average Bonchev–Trinajstić information content (AvgIpc) is 3.10. The molecular weight excluding hydrogens is 302 g/mol. The highest BCUT2D eigenvalue weighted by molar-refractivity contribution is 5.79. The van der Waals surface area contributed by atoms with Gasteiger partial charge in [-0.25, -0.2) is 0 Å². The number of rotatable bonds is 13. The van der Waals surface area contributed by atoms with Crippen molar-refractivity contribution in [2.24, 2.45) is 4.99 Å². The molecule has 1 atom stereocenters. The molecule has 0 aromatic rings. The Bertz CT molecular complexity index is 342. The lowest BCUT2D eigenvalue weighted by molar-refractivity contribution is 0.0170. The second-order valence-corrected chi connectivity index (χ2v) is 6.36. The van der Waals surface area contributed by atoms with E-state index < -0.39 is 0 Å². The molecule has 0 aliphatic carbocycles. The summed E-state index contributed by atoms with van der Waals surface area (Å²) in [4.78, 5) is 6.93. The van der Waals surface area contributed by atoms with Gasteiger partial charge in [0.25, 0.3) is 0 Å². The zero-order valence-electron chi connectivity index (χ0n) is 15.8. The summed E-state index contributed by atoms with van der Waals surface area (Å²) in [7, 11) is 2.11. The van der Waals surface area contributed by atoms with E-state index in [1.165, 1.54) is 25.7 Å². The third kappa shape index (κ3) is 9.93. The number of hydrogen-bond donors (Lipinski definition) is 1. The summed E-state index contributed by atoms with van der Waals surface area (Å²) in [6, 6.07) is 0. The minimum absolute atomic E-state index is 0.318. The Labute approximate surface area is 148 Å². The largest absolute Gasteiger partial charge is 0.379 e. The maximum Gasteiger partial charge on any atom is 0.193 e. The van der Waals surface area contributed by atoms with Gasteiger partial charge < -0.3 is 19.7 Å². The van der Waals surface area contributed by atoms with Crippen molar-refractivity contribution in [3.05, 3.63) is 12.7 Å². The molecule has 5 nitrogen and oxygen atoms in total. The summed E-state index contributed by atoms with van der Waals surface area (Å²) in [5.74, 6) is 1.00. The standard InChI is InChI=1S/C19H37N3O2/c1-4-6-7-8-9-14-22(3)19(20-5-2)21-13-11-15-23-17-18-12-10-16-24-18/h4,18H,1,5-17H2,2-3H3,(H,20,21). The first-order chi connectivity index (χ1) is 11.8. The van der Waals surface area contributed by atoms with Crippen LogP contribution in [0.2, 0.25) is 0 Å². The van der Waals surface area contributed by atoms with Crippen molar-refractivity contribution in [2.45, 2.75) is 58.0 Å². The van der Waals surface area contributed by atoms with Crippen molar-refractivity contribution in [2.75, 3.05) is 46.5 Å². The number of unbranched alkanes of at least 4 members (excludes halogenated alkanes) is 3. The molecule has 1 saturated heterocycles. The highest BCUT2D eigenvalue weighted by Crippen LogP contribution is 2.11. The summed E-state index contributed by atoms with van der Waals surface area (Å²) in [5.41, 5.74) is 0. The number of aliphatic imine (C=N–C) groups is 1. The van der Waals surface area contributed by atoms with E-state index in [1.807, 2.05) is 6.08 Å². The third-order valence-electron chi connectivity index (χ3n) is 4.13. The zero-order chi connectivity index (χ0) is 17.5. The highest BCUT2D eigenvalue weighted by atomic mass is 16.5. The summed E-state index contributed by atoms with van der Waals surface area (Å²) in [5, 5.41) is 3.37. The third-order valence-corrected chi connectivity index (χ3v) is 4.13. The topological polar surface area (TPSA) is 46.1 Å². The lowest BCUT2D eigenvalue weighted by Crippen LogP contribution is -2.39. The first-order valence-corrected chi connectivity index (χ1v) is 9.57. The molecule has 1 fully saturated rings. The van der Waals surface area contributed by atoms with Crippen molar-refractivity contribution in [1.29, 1.82) is 0 Å². The molecule has 1 N–H and O–H groups in total. The Kier molecular flexibility index (Phi) is 12.5. The normalized spacial score (nSPS) is 17.9. The second kappa shape index (κ2) is 14.3. The van der Waals surface area contributed by atoms with E-state index in [0.717, 1.165) is 64.7 Å². The molecule has 1 rings (SSSR count). The van der Waals surface area contributed by atoms with Crippen molar-refractivity contribution in [1.82, 2.24) is 10.2 Å². The molecule has 24 heavy (non-hydrogen) atoms. The van der Waals surface area contributed by atoms with E-state index in [2.05, 4.69) is 30.8 Å². The van der Waals surface area contributed by atoms with Gasteiger partial charge in [0.15, 0.2) is 5.96 Å². The van der Waals surface area contributed by atoms with E-state index >= 15 is 0 Å². The van der Waals surface area contributed by atoms with E-state index in [9.17, 15) is 0 Å². The van der Waals surface area contributed by atoms with E-state index in [-0.39, 0.29) is 0 Å². The summed E-state index contributed by atoms with van der Waals surface area (Å²) >= 11 is 0. The van der Waals surface area contributed by atoms with Gasteiger partial charge >= 0.3 is 0 Å². The van der Waals surface area contributed by atoms with Crippen LogP contribution >= 0.6 is 0 Å². The summed E-state index contributed by atoms with van der Waals surface area (Å²) in [6.07, 6.45) is 10.4. The van der Waals surface area contributed by atoms with Crippen LogP contribution in [-0.2, 0) is 9.47 Å². The Balaban J connectivity index is 2.13. The predicted octanol–water partition coefficient (Wildman–Crippen LogP) is 3.22.